The van der Waals surface area contributed by atoms with E-state index in [0.717, 1.165) is 23.5 Å². The van der Waals surface area contributed by atoms with E-state index in [9.17, 15) is 0 Å². The topological polar surface area (TPSA) is 38.6 Å². The normalized spacial score (nSPS) is 12.5. The summed E-state index contributed by atoms with van der Waals surface area (Å²) in [6, 6.07) is 11.0. The van der Waals surface area contributed by atoms with E-state index < -0.39 is 0 Å². The number of rotatable bonds is 5. The van der Waals surface area contributed by atoms with Crippen LogP contribution in [-0.2, 0) is 0 Å². The Morgan fingerprint density at radius 3 is 2.91 bits per heavy atom. The second-order valence-electron chi connectivity index (χ2n) is 5.36. The molecule has 0 aliphatic heterocycles. The molecule has 0 spiro atoms. The van der Waals surface area contributed by atoms with E-state index in [1.807, 2.05) is 16.7 Å². The standard InChI is InChI=1S/C18H21N3O/c1-4-19-13(2)14-6-5-7-15(10-14)16-11-17(22-3)18-20-8-9-21(18)12-16/h5-13,19H,4H2,1-3H3/t13-/m1/s1. The first-order valence-corrected chi connectivity index (χ1v) is 7.57. The summed E-state index contributed by atoms with van der Waals surface area (Å²) < 4.78 is 7.46. The number of benzene rings is 1. The Morgan fingerprint density at radius 1 is 1.27 bits per heavy atom. The van der Waals surface area contributed by atoms with E-state index in [2.05, 4.69) is 54.6 Å². The zero-order chi connectivity index (χ0) is 15.5. The van der Waals surface area contributed by atoms with Crippen molar-refractivity contribution in [3.8, 4) is 16.9 Å². The van der Waals surface area contributed by atoms with Crippen LogP contribution in [0.1, 0.15) is 25.5 Å². The molecule has 0 saturated carbocycles. The molecule has 0 saturated heterocycles. The van der Waals surface area contributed by atoms with Crippen LogP contribution in [0.15, 0.2) is 48.9 Å². The molecule has 2 heterocycles. The quantitative estimate of drug-likeness (QED) is 0.780. The van der Waals surface area contributed by atoms with Gasteiger partial charge in [-0.05, 0) is 36.7 Å². The predicted octanol–water partition coefficient (Wildman–Crippen LogP) is 3.68. The van der Waals surface area contributed by atoms with Crippen molar-refractivity contribution in [3.63, 3.8) is 0 Å². The SMILES string of the molecule is CCN[C@H](C)c1cccc(-c2cc(OC)c3nccn3c2)c1. The molecule has 4 heteroatoms. The highest BCUT2D eigenvalue weighted by Crippen LogP contribution is 2.28. The van der Waals surface area contributed by atoms with Crippen LogP contribution in [-0.4, -0.2) is 23.0 Å². The third-order valence-corrected chi connectivity index (χ3v) is 3.90. The molecule has 0 bridgehead atoms. The Bertz CT molecular complexity index is 779. The molecular weight excluding hydrogens is 274 g/mol. The fourth-order valence-corrected chi connectivity index (χ4v) is 2.72. The first-order chi connectivity index (χ1) is 10.7. The maximum atomic E-state index is 5.47. The summed E-state index contributed by atoms with van der Waals surface area (Å²) in [4.78, 5) is 4.32. The molecule has 22 heavy (non-hydrogen) atoms. The molecule has 3 aromatic rings. The van der Waals surface area contributed by atoms with E-state index >= 15 is 0 Å². The van der Waals surface area contributed by atoms with Crippen molar-refractivity contribution in [3.05, 3.63) is 54.5 Å². The van der Waals surface area contributed by atoms with Gasteiger partial charge in [-0.3, -0.25) is 0 Å². The molecule has 1 N–H and O–H groups in total. The second-order valence-corrected chi connectivity index (χ2v) is 5.36. The van der Waals surface area contributed by atoms with Crippen molar-refractivity contribution >= 4 is 5.65 Å². The molecule has 4 nitrogen and oxygen atoms in total. The molecule has 0 fully saturated rings. The number of pyridine rings is 1. The lowest BCUT2D eigenvalue weighted by Gasteiger charge is -2.14. The largest absolute Gasteiger partial charge is 0.493 e. The molecule has 0 aliphatic carbocycles. The van der Waals surface area contributed by atoms with Crippen LogP contribution in [0, 0.1) is 0 Å². The molecule has 0 aliphatic rings. The van der Waals surface area contributed by atoms with E-state index in [4.69, 9.17) is 4.74 Å². The first kappa shape index (κ1) is 14.6. The Labute approximate surface area is 130 Å². The lowest BCUT2D eigenvalue weighted by Crippen LogP contribution is -2.17. The number of methoxy groups -OCH3 is 1. The lowest BCUT2D eigenvalue weighted by atomic mass is 10.0. The van der Waals surface area contributed by atoms with Crippen LogP contribution >= 0.6 is 0 Å². The van der Waals surface area contributed by atoms with Gasteiger partial charge in [0.05, 0.1) is 7.11 Å². The number of hydrogen-bond donors (Lipinski definition) is 1. The van der Waals surface area contributed by atoms with Crippen LogP contribution in [0.25, 0.3) is 16.8 Å². The average Bonchev–Trinajstić information content (AvgIpc) is 3.02. The second kappa shape index (κ2) is 6.20. The fraction of sp³-hybridized carbons (Fsp3) is 0.278. The van der Waals surface area contributed by atoms with Crippen molar-refractivity contribution in [2.75, 3.05) is 13.7 Å². The highest BCUT2D eigenvalue weighted by molar-refractivity contribution is 5.69. The number of hydrogen-bond acceptors (Lipinski definition) is 3. The van der Waals surface area contributed by atoms with Crippen LogP contribution in [0.2, 0.25) is 0 Å². The summed E-state index contributed by atoms with van der Waals surface area (Å²) in [5, 5.41) is 3.45. The summed E-state index contributed by atoms with van der Waals surface area (Å²) >= 11 is 0. The van der Waals surface area contributed by atoms with Gasteiger partial charge in [-0.2, -0.15) is 0 Å². The van der Waals surface area contributed by atoms with Crippen molar-refractivity contribution in [1.82, 2.24) is 14.7 Å². The minimum absolute atomic E-state index is 0.337. The molecule has 0 radical (unpaired) electrons. The van der Waals surface area contributed by atoms with Crippen LogP contribution in [0.3, 0.4) is 0 Å². The van der Waals surface area contributed by atoms with E-state index in [0.29, 0.717) is 6.04 Å². The number of ether oxygens (including phenoxy) is 1. The molecule has 1 atom stereocenters. The van der Waals surface area contributed by atoms with Gasteiger partial charge < -0.3 is 14.5 Å². The first-order valence-electron chi connectivity index (χ1n) is 7.57. The molecule has 114 valence electrons. The Hall–Kier alpha value is -2.33. The van der Waals surface area contributed by atoms with Crippen molar-refractivity contribution in [2.45, 2.75) is 19.9 Å². The van der Waals surface area contributed by atoms with Crippen molar-refractivity contribution in [1.29, 1.82) is 0 Å². The molecule has 1 aromatic carbocycles. The average molecular weight is 295 g/mol. The van der Waals surface area contributed by atoms with Crippen LogP contribution in [0.4, 0.5) is 0 Å². The van der Waals surface area contributed by atoms with Crippen molar-refractivity contribution in [2.24, 2.45) is 0 Å². The van der Waals surface area contributed by atoms with Gasteiger partial charge in [0.2, 0.25) is 0 Å². The Kier molecular flexibility index (Phi) is 4.11. The van der Waals surface area contributed by atoms with E-state index in [-0.39, 0.29) is 0 Å². The third-order valence-electron chi connectivity index (χ3n) is 3.90. The van der Waals surface area contributed by atoms with Gasteiger partial charge in [0.25, 0.3) is 0 Å². The summed E-state index contributed by atoms with van der Waals surface area (Å²) in [5.41, 5.74) is 4.41. The zero-order valence-corrected chi connectivity index (χ0v) is 13.2. The van der Waals surface area contributed by atoms with Crippen LogP contribution < -0.4 is 10.1 Å². The van der Waals surface area contributed by atoms with Gasteiger partial charge in [-0.15, -0.1) is 0 Å². The summed E-state index contributed by atoms with van der Waals surface area (Å²) in [6.45, 7) is 5.26. The van der Waals surface area contributed by atoms with Crippen molar-refractivity contribution < 1.29 is 4.74 Å². The summed E-state index contributed by atoms with van der Waals surface area (Å²) in [5.74, 6) is 0.785. The summed E-state index contributed by atoms with van der Waals surface area (Å²) in [7, 11) is 1.68. The lowest BCUT2D eigenvalue weighted by molar-refractivity contribution is 0.417. The van der Waals surface area contributed by atoms with Gasteiger partial charge in [0.1, 0.15) is 0 Å². The Morgan fingerprint density at radius 2 is 2.14 bits per heavy atom. The summed E-state index contributed by atoms with van der Waals surface area (Å²) in [6.07, 6.45) is 5.81. The highest BCUT2D eigenvalue weighted by atomic mass is 16.5. The maximum absolute atomic E-state index is 5.47. The van der Waals surface area contributed by atoms with E-state index in [1.54, 1.807) is 13.3 Å². The van der Waals surface area contributed by atoms with Crippen LogP contribution in [0.5, 0.6) is 5.75 Å². The highest BCUT2D eigenvalue weighted by Gasteiger charge is 2.09. The van der Waals surface area contributed by atoms with Gasteiger partial charge in [0.15, 0.2) is 11.4 Å². The minimum atomic E-state index is 0.337. The molecule has 0 amide bonds. The van der Waals surface area contributed by atoms with E-state index in [1.165, 1.54) is 11.1 Å². The number of imidazole rings is 1. The van der Waals surface area contributed by atoms with Gasteiger partial charge in [0, 0.05) is 30.2 Å². The van der Waals surface area contributed by atoms with Gasteiger partial charge in [-0.1, -0.05) is 25.1 Å². The monoisotopic (exact) mass is 295 g/mol. The molecule has 3 rings (SSSR count). The maximum Gasteiger partial charge on any atom is 0.179 e. The third kappa shape index (κ3) is 2.70. The number of fused-ring (bicyclic) bond motifs is 1. The molecular formula is C18H21N3O. The van der Waals surface area contributed by atoms with Gasteiger partial charge >= 0.3 is 0 Å². The van der Waals surface area contributed by atoms with Gasteiger partial charge in [-0.25, -0.2) is 4.98 Å². The fourth-order valence-electron chi connectivity index (χ4n) is 2.72. The zero-order valence-electron chi connectivity index (χ0n) is 13.2. The number of aromatic nitrogens is 2. The minimum Gasteiger partial charge on any atom is -0.493 e. The number of nitrogens with zero attached hydrogens (tertiary/aromatic N) is 2. The number of nitrogens with one attached hydrogen (secondary N) is 1. The molecule has 2 aromatic heterocycles. The molecule has 0 unspecified atom stereocenters. The predicted molar refractivity (Wildman–Crippen MR) is 89.3 cm³/mol. The smallest absolute Gasteiger partial charge is 0.179 e. The Balaban J connectivity index is 2.05.